The topological polar surface area (TPSA) is 173 Å². The van der Waals surface area contributed by atoms with Gasteiger partial charge in [0.05, 0.1) is 38.4 Å². The van der Waals surface area contributed by atoms with Gasteiger partial charge < -0.3 is 15.5 Å². The lowest BCUT2D eigenvalue weighted by molar-refractivity contribution is -0.384. The molecule has 0 radical (unpaired) electrons. The number of nitrogens with one attached hydrogen (secondary N) is 1. The Hall–Kier alpha value is -3.09. The lowest BCUT2D eigenvalue weighted by Gasteiger charge is -2.27. The highest BCUT2D eigenvalue weighted by molar-refractivity contribution is 7.91. The lowest BCUT2D eigenvalue weighted by atomic mass is 10.0. The second-order valence-electron chi connectivity index (χ2n) is 6.19. The molecule has 0 atom stereocenters. The zero-order valence-corrected chi connectivity index (χ0v) is 15.4. The van der Waals surface area contributed by atoms with Gasteiger partial charge in [-0.25, -0.2) is 8.42 Å². The Morgan fingerprint density at radius 1 is 0.964 bits per heavy atom. The largest absolute Gasteiger partial charge is 0.394 e. The molecular formula is C16H17N3O8S. The molecule has 2 rings (SSSR count). The molecule has 28 heavy (non-hydrogen) atoms. The second kappa shape index (κ2) is 7.88. The zero-order chi connectivity index (χ0) is 21.1. The molecule has 0 aliphatic carbocycles. The van der Waals surface area contributed by atoms with E-state index in [9.17, 15) is 38.9 Å². The molecule has 0 unspecified atom stereocenters. The van der Waals surface area contributed by atoms with Gasteiger partial charge in [-0.15, -0.1) is 0 Å². The van der Waals surface area contributed by atoms with Crippen molar-refractivity contribution in [1.82, 2.24) is 0 Å². The number of nitro benzene ring substituents is 2. The van der Waals surface area contributed by atoms with Crippen LogP contribution in [0.2, 0.25) is 0 Å². The van der Waals surface area contributed by atoms with E-state index in [1.165, 1.54) is 6.92 Å². The summed E-state index contributed by atoms with van der Waals surface area (Å²) in [6.45, 7) is 0.380. The van der Waals surface area contributed by atoms with E-state index < -0.39 is 44.1 Å². The van der Waals surface area contributed by atoms with E-state index in [2.05, 4.69) is 5.32 Å². The predicted octanol–water partition coefficient (Wildman–Crippen LogP) is 1.49. The van der Waals surface area contributed by atoms with Gasteiger partial charge in [0.1, 0.15) is 5.69 Å². The van der Waals surface area contributed by atoms with Crippen molar-refractivity contribution in [3.8, 4) is 0 Å². The maximum absolute atomic E-state index is 12.7. The Kier molecular flexibility index (Phi) is 5.97. The molecule has 0 saturated heterocycles. The van der Waals surface area contributed by atoms with Crippen molar-refractivity contribution in [3.63, 3.8) is 0 Å². The normalized spacial score (nSPS) is 11.8. The molecule has 0 fully saturated rings. The first kappa shape index (κ1) is 21.2. The number of anilines is 1. The number of hydrogen-bond donors (Lipinski definition) is 3. The molecule has 0 saturated carbocycles. The molecule has 12 heteroatoms. The molecule has 0 bridgehead atoms. The first-order chi connectivity index (χ1) is 13.0. The van der Waals surface area contributed by atoms with Gasteiger partial charge in [-0.2, -0.15) is 0 Å². The molecule has 0 amide bonds. The number of sulfone groups is 1. The highest BCUT2D eigenvalue weighted by Crippen LogP contribution is 2.32. The summed E-state index contributed by atoms with van der Waals surface area (Å²) < 4.78 is 25.4. The van der Waals surface area contributed by atoms with Crippen LogP contribution in [0.3, 0.4) is 0 Å². The third-order valence-electron chi connectivity index (χ3n) is 3.97. The molecule has 0 aromatic heterocycles. The van der Waals surface area contributed by atoms with Crippen LogP contribution in [-0.4, -0.2) is 47.2 Å². The summed E-state index contributed by atoms with van der Waals surface area (Å²) in [6, 6.07) is 7.24. The molecule has 0 aliphatic heterocycles. The van der Waals surface area contributed by atoms with Crippen LogP contribution in [0.15, 0.2) is 52.3 Å². The molecule has 11 nitrogen and oxygen atoms in total. The van der Waals surface area contributed by atoms with Crippen LogP contribution in [0.5, 0.6) is 0 Å². The van der Waals surface area contributed by atoms with Crippen molar-refractivity contribution >= 4 is 26.9 Å². The third kappa shape index (κ3) is 4.24. The van der Waals surface area contributed by atoms with Gasteiger partial charge in [-0.3, -0.25) is 20.2 Å². The van der Waals surface area contributed by atoms with Gasteiger partial charge in [0.15, 0.2) is 0 Å². The standard InChI is InChI=1S/C16H17N3O8S/c1-16(9-20,10-21)17-14-7-6-13(8-15(14)19(24)25)28(26,27)12-4-2-11(3-5-12)18(22)23/h2-8,17,20-21H,9-10H2,1H3. The number of hydrogen-bond acceptors (Lipinski definition) is 9. The number of rotatable bonds is 8. The van der Waals surface area contributed by atoms with Crippen molar-refractivity contribution in [3.05, 3.63) is 62.7 Å². The van der Waals surface area contributed by atoms with E-state index >= 15 is 0 Å². The first-order valence-corrected chi connectivity index (χ1v) is 9.30. The van der Waals surface area contributed by atoms with Gasteiger partial charge in [-0.05, 0) is 31.2 Å². The first-order valence-electron chi connectivity index (χ1n) is 7.82. The summed E-state index contributed by atoms with van der Waals surface area (Å²) in [7, 11) is -4.16. The second-order valence-corrected chi connectivity index (χ2v) is 8.14. The van der Waals surface area contributed by atoms with Crippen LogP contribution in [-0.2, 0) is 9.84 Å². The fraction of sp³-hybridized carbons (Fsp3) is 0.250. The van der Waals surface area contributed by atoms with Gasteiger partial charge in [-0.1, -0.05) is 0 Å². The summed E-state index contributed by atoms with van der Waals surface area (Å²) in [6.07, 6.45) is 0. The Morgan fingerprint density at radius 2 is 1.50 bits per heavy atom. The highest BCUT2D eigenvalue weighted by atomic mass is 32.2. The summed E-state index contributed by atoms with van der Waals surface area (Å²) in [5.41, 5.74) is -2.21. The highest BCUT2D eigenvalue weighted by Gasteiger charge is 2.28. The Bertz CT molecular complexity index is 1000. The van der Waals surface area contributed by atoms with Crippen LogP contribution in [0.1, 0.15) is 6.92 Å². The number of non-ortho nitro benzene ring substituents is 1. The summed E-state index contributed by atoms with van der Waals surface area (Å²) in [4.78, 5) is 20.0. The average molecular weight is 411 g/mol. The quantitative estimate of drug-likeness (QED) is 0.429. The summed E-state index contributed by atoms with van der Waals surface area (Å²) in [5, 5.41) is 43.4. The van der Waals surface area contributed by atoms with Gasteiger partial charge in [0.25, 0.3) is 11.4 Å². The van der Waals surface area contributed by atoms with Crippen LogP contribution in [0, 0.1) is 20.2 Å². The minimum Gasteiger partial charge on any atom is -0.394 e. The molecule has 150 valence electrons. The molecule has 0 spiro atoms. The van der Waals surface area contributed by atoms with Crippen LogP contribution < -0.4 is 5.32 Å². The van der Waals surface area contributed by atoms with E-state index in [4.69, 9.17) is 0 Å². The fourth-order valence-corrected chi connectivity index (χ4v) is 3.55. The Morgan fingerprint density at radius 3 is 1.96 bits per heavy atom. The number of aliphatic hydroxyl groups excluding tert-OH is 2. The third-order valence-corrected chi connectivity index (χ3v) is 5.74. The van der Waals surface area contributed by atoms with E-state index in [1.54, 1.807) is 0 Å². The molecule has 0 aliphatic rings. The Labute approximate surface area is 159 Å². The van der Waals surface area contributed by atoms with E-state index in [-0.39, 0.29) is 21.2 Å². The van der Waals surface area contributed by atoms with Crippen molar-refractivity contribution in [2.24, 2.45) is 0 Å². The fourth-order valence-electron chi connectivity index (χ4n) is 2.27. The van der Waals surface area contributed by atoms with Crippen LogP contribution >= 0.6 is 0 Å². The summed E-state index contributed by atoms with van der Waals surface area (Å²) in [5.74, 6) is 0. The number of benzene rings is 2. The number of nitro groups is 2. The minimum absolute atomic E-state index is 0.0850. The summed E-state index contributed by atoms with van der Waals surface area (Å²) >= 11 is 0. The predicted molar refractivity (Wildman–Crippen MR) is 97.8 cm³/mol. The number of aliphatic hydroxyl groups is 2. The van der Waals surface area contributed by atoms with Crippen molar-refractivity contribution in [2.45, 2.75) is 22.3 Å². The van der Waals surface area contributed by atoms with Gasteiger partial charge in [0, 0.05) is 18.2 Å². The maximum atomic E-state index is 12.7. The SMILES string of the molecule is CC(CO)(CO)Nc1ccc(S(=O)(=O)c2ccc([N+](=O)[O-])cc2)cc1[N+](=O)[O-]. The monoisotopic (exact) mass is 411 g/mol. The Balaban J connectivity index is 2.50. The van der Waals surface area contributed by atoms with E-state index in [0.29, 0.717) is 0 Å². The number of nitrogens with zero attached hydrogens (tertiary/aromatic N) is 2. The van der Waals surface area contributed by atoms with Crippen molar-refractivity contribution < 1.29 is 28.5 Å². The van der Waals surface area contributed by atoms with Crippen LogP contribution in [0.4, 0.5) is 17.1 Å². The van der Waals surface area contributed by atoms with Gasteiger partial charge >= 0.3 is 0 Å². The maximum Gasteiger partial charge on any atom is 0.293 e. The molecular weight excluding hydrogens is 394 g/mol. The average Bonchev–Trinajstić information content (AvgIpc) is 2.67. The van der Waals surface area contributed by atoms with Crippen molar-refractivity contribution in [2.75, 3.05) is 18.5 Å². The molecule has 2 aromatic rings. The van der Waals surface area contributed by atoms with E-state index in [0.717, 1.165) is 42.5 Å². The van der Waals surface area contributed by atoms with Gasteiger partial charge in [0.2, 0.25) is 9.84 Å². The van der Waals surface area contributed by atoms with Crippen molar-refractivity contribution in [1.29, 1.82) is 0 Å². The van der Waals surface area contributed by atoms with Crippen LogP contribution in [0.25, 0.3) is 0 Å². The minimum atomic E-state index is -4.16. The molecule has 2 aromatic carbocycles. The lowest BCUT2D eigenvalue weighted by Crippen LogP contribution is -2.42. The molecule has 3 N–H and O–H groups in total. The zero-order valence-electron chi connectivity index (χ0n) is 14.6. The van der Waals surface area contributed by atoms with E-state index in [1.807, 2.05) is 0 Å². The molecule has 0 heterocycles. The smallest absolute Gasteiger partial charge is 0.293 e.